The number of nitrogens with zero attached hydrogens (tertiary/aromatic N) is 5. The highest BCUT2D eigenvalue weighted by atomic mass is 127. The summed E-state index contributed by atoms with van der Waals surface area (Å²) < 4.78 is 0. The molecule has 1 unspecified atom stereocenters. The van der Waals surface area contributed by atoms with E-state index in [-0.39, 0.29) is 41.8 Å². The number of halogens is 1. The fraction of sp³-hybridized carbons (Fsp3) is 0.857. The van der Waals surface area contributed by atoms with Gasteiger partial charge in [0.1, 0.15) is 0 Å². The second-order valence-corrected chi connectivity index (χ2v) is 8.30. The first-order valence-electron chi connectivity index (χ1n) is 11.4. The summed E-state index contributed by atoms with van der Waals surface area (Å²) in [5.41, 5.74) is 0. The third-order valence-electron chi connectivity index (χ3n) is 6.29. The fourth-order valence-corrected chi connectivity index (χ4v) is 4.49. The number of carbonyl (C=O) groups excluding carboxylic acids is 2. The van der Waals surface area contributed by atoms with Crippen molar-refractivity contribution >= 4 is 41.8 Å². The number of nitrogens with one attached hydrogen (secondary N) is 1. The minimum atomic E-state index is -0.0345. The highest BCUT2D eigenvalue weighted by Gasteiger charge is 2.30. The molecule has 8 nitrogen and oxygen atoms in total. The number of likely N-dealkylation sites (tertiary alicyclic amines) is 2. The maximum absolute atomic E-state index is 12.7. The topological polar surface area (TPSA) is 71.5 Å². The van der Waals surface area contributed by atoms with Crippen LogP contribution in [0.2, 0.25) is 0 Å². The van der Waals surface area contributed by atoms with E-state index in [4.69, 9.17) is 4.99 Å². The summed E-state index contributed by atoms with van der Waals surface area (Å²) in [5.74, 6) is 1.53. The van der Waals surface area contributed by atoms with E-state index < -0.39 is 0 Å². The number of guanidine groups is 1. The lowest BCUT2D eigenvalue weighted by Gasteiger charge is -2.39. The van der Waals surface area contributed by atoms with Crippen LogP contribution < -0.4 is 5.32 Å². The summed E-state index contributed by atoms with van der Waals surface area (Å²) in [6.45, 7) is 12.8. The number of piperazine rings is 1. The van der Waals surface area contributed by atoms with Gasteiger partial charge in [-0.05, 0) is 39.5 Å². The first-order chi connectivity index (χ1) is 14.1. The van der Waals surface area contributed by atoms with Crippen molar-refractivity contribution in [1.82, 2.24) is 24.9 Å². The van der Waals surface area contributed by atoms with Crippen LogP contribution in [0.4, 0.5) is 0 Å². The van der Waals surface area contributed by atoms with Gasteiger partial charge in [0.15, 0.2) is 5.96 Å². The fourth-order valence-electron chi connectivity index (χ4n) is 4.49. The molecule has 0 radical (unpaired) electrons. The molecule has 1 atom stereocenters. The van der Waals surface area contributed by atoms with Crippen LogP contribution in [0.3, 0.4) is 0 Å². The van der Waals surface area contributed by atoms with Gasteiger partial charge in [-0.2, -0.15) is 0 Å². The molecule has 3 fully saturated rings. The van der Waals surface area contributed by atoms with E-state index in [2.05, 4.69) is 29.0 Å². The van der Waals surface area contributed by atoms with Gasteiger partial charge in [-0.25, -0.2) is 0 Å². The lowest BCUT2D eigenvalue weighted by atomic mass is 10.2. The predicted molar refractivity (Wildman–Crippen MR) is 130 cm³/mol. The maximum Gasteiger partial charge on any atom is 0.239 e. The minimum absolute atomic E-state index is 0. The summed E-state index contributed by atoms with van der Waals surface area (Å²) in [5, 5.41) is 3.40. The Labute approximate surface area is 198 Å². The zero-order valence-electron chi connectivity index (χ0n) is 18.6. The van der Waals surface area contributed by atoms with E-state index in [1.807, 2.05) is 9.80 Å². The van der Waals surface area contributed by atoms with Gasteiger partial charge in [0.05, 0.1) is 6.04 Å². The third-order valence-corrected chi connectivity index (χ3v) is 6.29. The van der Waals surface area contributed by atoms with E-state index in [1.54, 1.807) is 0 Å². The second kappa shape index (κ2) is 12.7. The third kappa shape index (κ3) is 6.70. The molecule has 172 valence electrons. The second-order valence-electron chi connectivity index (χ2n) is 8.30. The van der Waals surface area contributed by atoms with Crippen LogP contribution in [0.1, 0.15) is 46.0 Å². The minimum Gasteiger partial charge on any atom is -0.357 e. The Balaban J connectivity index is 0.00000320. The maximum atomic E-state index is 12.7. The van der Waals surface area contributed by atoms with Crippen molar-refractivity contribution in [3.63, 3.8) is 0 Å². The predicted octanol–water partition coefficient (Wildman–Crippen LogP) is 1.21. The van der Waals surface area contributed by atoms with Gasteiger partial charge in [-0.3, -0.25) is 19.5 Å². The van der Waals surface area contributed by atoms with Crippen molar-refractivity contribution in [3.8, 4) is 0 Å². The molecule has 0 bridgehead atoms. The normalized spacial score (nSPS) is 21.7. The Morgan fingerprint density at radius 1 is 1.03 bits per heavy atom. The number of rotatable bonds is 7. The van der Waals surface area contributed by atoms with Gasteiger partial charge in [-0.1, -0.05) is 0 Å². The summed E-state index contributed by atoms with van der Waals surface area (Å²) >= 11 is 0. The molecule has 3 rings (SSSR count). The van der Waals surface area contributed by atoms with Gasteiger partial charge < -0.3 is 20.0 Å². The van der Waals surface area contributed by atoms with Crippen LogP contribution >= 0.6 is 24.0 Å². The Morgan fingerprint density at radius 3 is 2.33 bits per heavy atom. The molecule has 9 heteroatoms. The lowest BCUT2D eigenvalue weighted by Crippen LogP contribution is -2.57. The van der Waals surface area contributed by atoms with Crippen LogP contribution in [0.5, 0.6) is 0 Å². The first-order valence-corrected chi connectivity index (χ1v) is 11.4. The Bertz CT molecular complexity index is 588. The molecule has 3 aliphatic rings. The van der Waals surface area contributed by atoms with E-state index >= 15 is 0 Å². The standard InChI is InChI=1S/C21H38N6O2.HI/c1-3-22-21(23-9-7-13-25-12-6-8-19(25)28)27-16-14-24(15-17-27)18(2)20(29)26-10-4-5-11-26;/h18H,3-17H2,1-2H3,(H,22,23);1H. The number of aliphatic imine (C=N–C) groups is 1. The van der Waals surface area contributed by atoms with Crippen LogP contribution in [0.15, 0.2) is 4.99 Å². The lowest BCUT2D eigenvalue weighted by molar-refractivity contribution is -0.135. The summed E-state index contributed by atoms with van der Waals surface area (Å²) in [6, 6.07) is -0.0345. The van der Waals surface area contributed by atoms with Crippen molar-refractivity contribution < 1.29 is 9.59 Å². The van der Waals surface area contributed by atoms with Crippen molar-refractivity contribution in [2.24, 2.45) is 4.99 Å². The molecule has 0 aromatic rings. The monoisotopic (exact) mass is 534 g/mol. The molecular weight excluding hydrogens is 495 g/mol. The largest absolute Gasteiger partial charge is 0.357 e. The Morgan fingerprint density at radius 2 is 1.73 bits per heavy atom. The quantitative estimate of drug-likeness (QED) is 0.230. The van der Waals surface area contributed by atoms with Crippen LogP contribution in [0, 0.1) is 0 Å². The molecule has 0 aromatic heterocycles. The number of carbonyl (C=O) groups is 2. The Kier molecular flexibility index (Phi) is 10.6. The zero-order chi connectivity index (χ0) is 20.6. The molecule has 0 aliphatic carbocycles. The van der Waals surface area contributed by atoms with E-state index in [9.17, 15) is 9.59 Å². The van der Waals surface area contributed by atoms with Crippen LogP contribution in [-0.2, 0) is 9.59 Å². The van der Waals surface area contributed by atoms with Crippen molar-refractivity contribution in [2.45, 2.75) is 52.0 Å². The molecule has 30 heavy (non-hydrogen) atoms. The van der Waals surface area contributed by atoms with Gasteiger partial charge >= 0.3 is 0 Å². The van der Waals surface area contributed by atoms with Gasteiger partial charge in [-0.15, -0.1) is 24.0 Å². The van der Waals surface area contributed by atoms with Gasteiger partial charge in [0.25, 0.3) is 0 Å². The van der Waals surface area contributed by atoms with Crippen molar-refractivity contribution in [3.05, 3.63) is 0 Å². The SMILES string of the molecule is CCNC(=NCCCN1CCCC1=O)N1CCN(C(C)C(=O)N2CCCC2)CC1.I. The van der Waals surface area contributed by atoms with E-state index in [1.165, 1.54) is 0 Å². The van der Waals surface area contributed by atoms with Crippen molar-refractivity contribution in [1.29, 1.82) is 0 Å². The Hall–Kier alpha value is -1.10. The molecule has 1 N–H and O–H groups in total. The van der Waals surface area contributed by atoms with Gasteiger partial charge in [0, 0.05) is 71.9 Å². The molecule has 3 saturated heterocycles. The molecule has 0 aromatic carbocycles. The number of hydrogen-bond donors (Lipinski definition) is 1. The van der Waals surface area contributed by atoms with Crippen LogP contribution in [-0.4, -0.2) is 109 Å². The van der Waals surface area contributed by atoms with Crippen molar-refractivity contribution in [2.75, 3.05) is 65.4 Å². The highest BCUT2D eigenvalue weighted by molar-refractivity contribution is 14.0. The summed E-state index contributed by atoms with van der Waals surface area (Å²) in [6.07, 6.45) is 4.88. The van der Waals surface area contributed by atoms with E-state index in [0.29, 0.717) is 6.42 Å². The molecule has 0 spiro atoms. The number of hydrogen-bond acceptors (Lipinski definition) is 4. The highest BCUT2D eigenvalue weighted by Crippen LogP contribution is 2.14. The molecule has 3 aliphatic heterocycles. The molecular formula is C21H39IN6O2. The van der Waals surface area contributed by atoms with Crippen LogP contribution in [0.25, 0.3) is 0 Å². The first kappa shape index (κ1) is 25.2. The average molecular weight is 534 g/mol. The zero-order valence-corrected chi connectivity index (χ0v) is 21.0. The van der Waals surface area contributed by atoms with Gasteiger partial charge in [0.2, 0.25) is 11.8 Å². The van der Waals surface area contributed by atoms with E-state index in [0.717, 1.165) is 97.1 Å². The average Bonchev–Trinajstić information content (AvgIpc) is 3.41. The molecule has 2 amide bonds. The number of amides is 2. The smallest absolute Gasteiger partial charge is 0.239 e. The molecule has 0 saturated carbocycles. The summed E-state index contributed by atoms with van der Waals surface area (Å²) in [7, 11) is 0. The molecule has 3 heterocycles. The summed E-state index contributed by atoms with van der Waals surface area (Å²) in [4.78, 5) is 37.8.